The molecule has 0 atom stereocenters. The second-order valence-electron chi connectivity index (χ2n) is 4.11. The summed E-state index contributed by atoms with van der Waals surface area (Å²) in [6.45, 7) is 0. The van der Waals surface area contributed by atoms with Crippen molar-refractivity contribution in [2.75, 3.05) is 7.05 Å². The maximum Gasteiger partial charge on any atom is 0.332 e. The number of imide groups is 4. The first-order chi connectivity index (χ1) is 9.79. The Bertz CT molecular complexity index is 584. The van der Waals surface area contributed by atoms with Gasteiger partial charge in [-0.3, -0.25) is 40.4 Å². The number of barbiturate groups is 2. The van der Waals surface area contributed by atoms with Crippen LogP contribution in [0.2, 0.25) is 0 Å². The van der Waals surface area contributed by atoms with Gasteiger partial charge in [0.25, 0.3) is 17.9 Å². The summed E-state index contributed by atoms with van der Waals surface area (Å²) in [6, 6.07) is -5.13. The average Bonchev–Trinajstić information content (AvgIpc) is 2.32. The van der Waals surface area contributed by atoms with Crippen molar-refractivity contribution in [3.8, 4) is 0 Å². The number of carbonyl (C=O) groups excluding carboxylic acids is 6. The first-order valence-corrected chi connectivity index (χ1v) is 5.54. The van der Waals surface area contributed by atoms with E-state index in [1.165, 1.54) is 0 Å². The molecule has 0 radical (unpaired) electrons. The maximum atomic E-state index is 11.6. The van der Waals surface area contributed by atoms with Crippen LogP contribution >= 0.6 is 0 Å². The van der Waals surface area contributed by atoms with Gasteiger partial charge in [-0.05, 0) is 5.11 Å². The third-order valence-electron chi connectivity index (χ3n) is 2.61. The van der Waals surface area contributed by atoms with E-state index in [9.17, 15) is 28.8 Å². The monoisotopic (exact) mass is 297 g/mol. The summed E-state index contributed by atoms with van der Waals surface area (Å²) in [7, 11) is 1.16. The van der Waals surface area contributed by atoms with Crippen LogP contribution in [0.4, 0.5) is 9.59 Å². The highest BCUT2D eigenvalue weighted by molar-refractivity contribution is 6.19. The highest BCUT2D eigenvalue weighted by Crippen LogP contribution is 2.03. The fourth-order valence-electron chi connectivity index (χ4n) is 1.71. The lowest BCUT2D eigenvalue weighted by atomic mass is 10.2. The number of nitrogens with one attached hydrogen (secondary N) is 4. The summed E-state index contributed by atoms with van der Waals surface area (Å²) in [5.74, 6) is -3.91. The molecule has 0 aromatic rings. The Morgan fingerprint density at radius 2 is 1.14 bits per heavy atom. The van der Waals surface area contributed by atoms with Crippen LogP contribution in [0, 0.1) is 0 Å². The van der Waals surface area contributed by atoms with Gasteiger partial charge in [0.05, 0.1) is 0 Å². The molecule has 2 fully saturated rings. The van der Waals surface area contributed by atoms with E-state index in [1.807, 2.05) is 21.3 Å². The molecule has 2 heterocycles. The zero-order valence-corrected chi connectivity index (χ0v) is 10.5. The van der Waals surface area contributed by atoms with Crippen molar-refractivity contribution in [2.45, 2.75) is 12.1 Å². The topological polar surface area (TPSA) is 166 Å². The van der Waals surface area contributed by atoms with Crippen LogP contribution in [0.15, 0.2) is 5.11 Å². The van der Waals surface area contributed by atoms with Gasteiger partial charge in [0.15, 0.2) is 7.05 Å². The van der Waals surface area contributed by atoms with E-state index >= 15 is 0 Å². The van der Waals surface area contributed by atoms with E-state index in [1.54, 1.807) is 0 Å². The lowest BCUT2D eigenvalue weighted by Gasteiger charge is -2.18. The third kappa shape index (κ3) is 2.72. The van der Waals surface area contributed by atoms with E-state index < -0.39 is 47.8 Å². The van der Waals surface area contributed by atoms with E-state index in [0.29, 0.717) is 0 Å². The molecule has 2 aliphatic rings. The fourth-order valence-corrected chi connectivity index (χ4v) is 1.71. The number of hydrogen-bond donors (Lipinski definition) is 4. The van der Waals surface area contributed by atoms with E-state index in [2.05, 4.69) is 5.11 Å². The SMILES string of the molecule is C[N+](=NC1C(=O)NC(=O)NC1=O)C1C(=O)NC(=O)NC1=O. The minimum Gasteiger partial charge on any atom is -0.275 e. The maximum absolute atomic E-state index is 11.6. The number of azo groups is 2. The molecule has 0 spiro atoms. The van der Waals surface area contributed by atoms with Gasteiger partial charge in [-0.1, -0.05) is 0 Å². The van der Waals surface area contributed by atoms with Crippen molar-refractivity contribution in [1.82, 2.24) is 21.3 Å². The average molecular weight is 297 g/mol. The molecule has 8 amide bonds. The summed E-state index contributed by atoms with van der Waals surface area (Å²) in [6.07, 6.45) is 0. The molecule has 2 aliphatic heterocycles. The van der Waals surface area contributed by atoms with Crippen molar-refractivity contribution < 1.29 is 33.5 Å². The predicted octanol–water partition coefficient (Wildman–Crippen LogP) is -3.45. The quantitative estimate of drug-likeness (QED) is 0.235. The van der Waals surface area contributed by atoms with Crippen LogP contribution in [0.5, 0.6) is 0 Å². The van der Waals surface area contributed by atoms with Gasteiger partial charge < -0.3 is 0 Å². The van der Waals surface area contributed by atoms with Gasteiger partial charge in [0.2, 0.25) is 0 Å². The number of hydrogen-bond acceptors (Lipinski definition) is 7. The summed E-state index contributed by atoms with van der Waals surface area (Å²) in [4.78, 5) is 67.9. The molecule has 0 aromatic carbocycles. The molecule has 0 saturated carbocycles. The Labute approximate surface area is 115 Å². The summed E-state index contributed by atoms with van der Waals surface area (Å²) < 4.78 is 0.761. The summed E-state index contributed by atoms with van der Waals surface area (Å²) >= 11 is 0. The Balaban J connectivity index is 2.24. The van der Waals surface area contributed by atoms with Crippen molar-refractivity contribution in [3.05, 3.63) is 0 Å². The van der Waals surface area contributed by atoms with Gasteiger partial charge in [-0.15, -0.1) is 4.70 Å². The summed E-state index contributed by atoms with van der Waals surface area (Å²) in [5, 5.41) is 10.9. The van der Waals surface area contributed by atoms with Crippen LogP contribution in [0.3, 0.4) is 0 Å². The number of amides is 8. The molecular formula is C9H9N6O6+. The number of carbonyl (C=O) groups is 6. The smallest absolute Gasteiger partial charge is 0.275 e. The van der Waals surface area contributed by atoms with Gasteiger partial charge in [-0.2, -0.15) is 0 Å². The third-order valence-corrected chi connectivity index (χ3v) is 2.61. The fraction of sp³-hybridized carbons (Fsp3) is 0.333. The Morgan fingerprint density at radius 3 is 1.57 bits per heavy atom. The van der Waals surface area contributed by atoms with E-state index in [-0.39, 0.29) is 0 Å². The Morgan fingerprint density at radius 1 is 0.762 bits per heavy atom. The van der Waals surface area contributed by atoms with Crippen LogP contribution < -0.4 is 21.3 Å². The molecule has 4 N–H and O–H groups in total. The molecule has 0 bridgehead atoms. The molecule has 12 nitrogen and oxygen atoms in total. The van der Waals surface area contributed by atoms with Crippen molar-refractivity contribution in [2.24, 2.45) is 5.11 Å². The molecule has 2 saturated heterocycles. The van der Waals surface area contributed by atoms with E-state index in [0.717, 1.165) is 11.7 Å². The highest BCUT2D eigenvalue weighted by Gasteiger charge is 2.45. The Kier molecular flexibility index (Phi) is 3.44. The zero-order valence-electron chi connectivity index (χ0n) is 10.5. The normalized spacial score (nSPS) is 21.7. The molecule has 0 unspecified atom stereocenters. The molecule has 0 aliphatic carbocycles. The van der Waals surface area contributed by atoms with Crippen molar-refractivity contribution >= 4 is 35.7 Å². The zero-order chi connectivity index (χ0) is 15.7. The van der Waals surface area contributed by atoms with E-state index in [4.69, 9.17) is 0 Å². The summed E-state index contributed by atoms with van der Waals surface area (Å²) in [5.41, 5.74) is 0. The lowest BCUT2D eigenvalue weighted by Crippen LogP contribution is -2.62. The second-order valence-corrected chi connectivity index (χ2v) is 4.11. The van der Waals surface area contributed by atoms with Gasteiger partial charge in [0, 0.05) is 0 Å². The molecule has 12 heteroatoms. The van der Waals surface area contributed by atoms with Crippen LogP contribution in [-0.2, 0) is 19.2 Å². The van der Waals surface area contributed by atoms with Gasteiger partial charge in [-0.25, -0.2) is 9.59 Å². The predicted molar refractivity (Wildman–Crippen MR) is 59.6 cm³/mol. The molecule has 110 valence electrons. The second kappa shape index (κ2) is 5.07. The lowest BCUT2D eigenvalue weighted by molar-refractivity contribution is -0.579. The largest absolute Gasteiger partial charge is 0.332 e. The molecular weight excluding hydrogens is 288 g/mol. The van der Waals surface area contributed by atoms with Gasteiger partial charge >= 0.3 is 29.9 Å². The molecule has 0 aromatic heterocycles. The first-order valence-electron chi connectivity index (χ1n) is 5.54. The van der Waals surface area contributed by atoms with Crippen LogP contribution in [0.25, 0.3) is 0 Å². The number of nitrogens with zero attached hydrogens (tertiary/aromatic N) is 2. The van der Waals surface area contributed by atoms with Crippen molar-refractivity contribution in [3.63, 3.8) is 0 Å². The number of rotatable bonds is 2. The molecule has 2 rings (SSSR count). The Hall–Kier alpha value is -3.18. The molecule has 21 heavy (non-hydrogen) atoms. The van der Waals surface area contributed by atoms with Crippen LogP contribution in [0.1, 0.15) is 0 Å². The number of likely N-dealkylation sites (N-methyl/N-ethyl adjacent to an activating group) is 1. The van der Waals surface area contributed by atoms with Crippen molar-refractivity contribution in [1.29, 1.82) is 0 Å². The van der Waals surface area contributed by atoms with Gasteiger partial charge in [0.1, 0.15) is 0 Å². The minimum absolute atomic E-state index is 0.761. The minimum atomic E-state index is -1.63. The first kappa shape index (κ1) is 14.2. The van der Waals surface area contributed by atoms with Crippen LogP contribution in [-0.4, -0.2) is 59.5 Å². The standard InChI is InChI=1S/C9H8N6O6/c1-15(3-6(18)12-9(21)13-7(3)19)14-2-4(16)10-8(20)11-5(2)17/h2-3H,1H3,(H3-,10,11,12,13,16,17,18,19,20,21)/p+1. The number of urea groups is 2. The highest BCUT2D eigenvalue weighted by atomic mass is 16.2.